The lowest BCUT2D eigenvalue weighted by Crippen LogP contribution is -2.24. The first-order valence-electron chi connectivity index (χ1n) is 3.71. The average molecular weight is 171 g/mol. The summed E-state index contributed by atoms with van der Waals surface area (Å²) in [5.41, 5.74) is 0.758. The van der Waals surface area contributed by atoms with Gasteiger partial charge in [0.05, 0.1) is 5.35 Å². The molecule has 0 radical (unpaired) electrons. The standard InChI is InChI=1S/C9H11F2N/c1-5-4-8(6(2)10)9(12-5)7(3)11/h4,12H,1-3H3/b8-6+,9-7-. The molecule has 0 unspecified atom stereocenters. The summed E-state index contributed by atoms with van der Waals surface area (Å²) < 4.78 is 25.6. The quantitative estimate of drug-likeness (QED) is 0.609. The zero-order valence-corrected chi connectivity index (χ0v) is 7.33. The third-order valence-corrected chi connectivity index (χ3v) is 1.67. The van der Waals surface area contributed by atoms with Crippen molar-refractivity contribution in [1.82, 2.24) is 4.98 Å². The van der Waals surface area contributed by atoms with Gasteiger partial charge in [-0.25, -0.2) is 8.78 Å². The van der Waals surface area contributed by atoms with E-state index in [4.69, 9.17) is 0 Å². The molecule has 1 N–H and O–H groups in total. The summed E-state index contributed by atoms with van der Waals surface area (Å²) in [6.07, 6.45) is 0. The van der Waals surface area contributed by atoms with Gasteiger partial charge in [-0.15, -0.1) is 0 Å². The van der Waals surface area contributed by atoms with E-state index in [-0.39, 0.29) is 11.2 Å². The molecule has 1 aromatic heterocycles. The van der Waals surface area contributed by atoms with Crippen molar-refractivity contribution in [2.24, 2.45) is 0 Å². The van der Waals surface area contributed by atoms with Crippen LogP contribution in [0.1, 0.15) is 19.5 Å². The van der Waals surface area contributed by atoms with Gasteiger partial charge in [0.15, 0.2) is 0 Å². The Morgan fingerprint density at radius 3 is 2.17 bits per heavy atom. The van der Waals surface area contributed by atoms with Crippen LogP contribution in [0.15, 0.2) is 6.07 Å². The van der Waals surface area contributed by atoms with Gasteiger partial charge in [0.25, 0.3) is 0 Å². The fourth-order valence-corrected chi connectivity index (χ4v) is 1.13. The highest BCUT2D eigenvalue weighted by Gasteiger charge is 1.98. The number of hydrogen-bond donors (Lipinski definition) is 1. The summed E-state index contributed by atoms with van der Waals surface area (Å²) in [5.74, 6) is -0.763. The van der Waals surface area contributed by atoms with E-state index in [0.717, 1.165) is 5.69 Å². The maximum absolute atomic E-state index is 12.8. The van der Waals surface area contributed by atoms with Gasteiger partial charge in [-0.3, -0.25) is 0 Å². The van der Waals surface area contributed by atoms with Crippen LogP contribution in [0.25, 0.3) is 11.7 Å². The second-order valence-corrected chi connectivity index (χ2v) is 2.81. The van der Waals surface area contributed by atoms with E-state index in [1.54, 1.807) is 13.0 Å². The minimum Gasteiger partial charge on any atom is -0.356 e. The van der Waals surface area contributed by atoms with Crippen LogP contribution in [0.3, 0.4) is 0 Å². The molecular weight excluding hydrogens is 160 g/mol. The van der Waals surface area contributed by atoms with E-state index in [9.17, 15) is 8.78 Å². The highest BCUT2D eigenvalue weighted by atomic mass is 19.1. The third kappa shape index (κ3) is 1.55. The molecule has 0 aliphatic carbocycles. The molecule has 0 spiro atoms. The van der Waals surface area contributed by atoms with Crippen LogP contribution in [0.4, 0.5) is 8.78 Å². The van der Waals surface area contributed by atoms with Crippen LogP contribution >= 0.6 is 0 Å². The molecule has 0 aliphatic rings. The SMILES string of the molecule is C/C(F)=c1/[nH]c(C)c/c1=C(/C)F. The fraction of sp³-hybridized carbons (Fsp3) is 0.333. The molecule has 0 saturated heterocycles. The van der Waals surface area contributed by atoms with Crippen molar-refractivity contribution in [2.45, 2.75) is 20.8 Å². The third-order valence-electron chi connectivity index (χ3n) is 1.67. The average Bonchev–Trinajstić information content (AvgIpc) is 2.31. The molecule has 12 heavy (non-hydrogen) atoms. The molecule has 1 nitrogen and oxygen atoms in total. The molecule has 1 aromatic rings. The van der Waals surface area contributed by atoms with E-state index in [1.165, 1.54) is 13.8 Å². The summed E-state index contributed by atoms with van der Waals surface area (Å²) in [6.45, 7) is 4.38. The van der Waals surface area contributed by atoms with E-state index in [2.05, 4.69) is 4.98 Å². The van der Waals surface area contributed by atoms with Crippen molar-refractivity contribution in [3.63, 3.8) is 0 Å². The first-order chi connectivity index (χ1) is 5.52. The topological polar surface area (TPSA) is 15.8 Å². The van der Waals surface area contributed by atoms with Gasteiger partial charge in [-0.1, -0.05) is 0 Å². The van der Waals surface area contributed by atoms with Crippen LogP contribution in [0.2, 0.25) is 0 Å². The predicted octanol–water partition coefficient (Wildman–Crippen LogP) is 1.52. The van der Waals surface area contributed by atoms with E-state index >= 15 is 0 Å². The molecule has 0 atom stereocenters. The summed E-state index contributed by atoms with van der Waals surface area (Å²) in [6, 6.07) is 1.59. The normalized spacial score (nSPS) is 16.1. The van der Waals surface area contributed by atoms with Crippen molar-refractivity contribution in [1.29, 1.82) is 0 Å². The van der Waals surface area contributed by atoms with Gasteiger partial charge < -0.3 is 4.98 Å². The molecule has 0 bridgehead atoms. The van der Waals surface area contributed by atoms with Gasteiger partial charge in [0.1, 0.15) is 11.7 Å². The van der Waals surface area contributed by atoms with Gasteiger partial charge >= 0.3 is 0 Å². The predicted molar refractivity (Wildman–Crippen MR) is 45.2 cm³/mol. The Kier molecular flexibility index (Phi) is 2.31. The number of rotatable bonds is 0. The molecule has 0 aliphatic heterocycles. The van der Waals surface area contributed by atoms with Gasteiger partial charge in [-0.2, -0.15) is 0 Å². The second-order valence-electron chi connectivity index (χ2n) is 2.81. The second kappa shape index (κ2) is 3.09. The van der Waals surface area contributed by atoms with Crippen molar-refractivity contribution in [3.05, 3.63) is 22.3 Å². The molecule has 0 saturated carbocycles. The van der Waals surface area contributed by atoms with Gasteiger partial charge in [0.2, 0.25) is 0 Å². The summed E-state index contributed by atoms with van der Waals surface area (Å²) in [7, 11) is 0. The van der Waals surface area contributed by atoms with Crippen LogP contribution in [0, 0.1) is 6.92 Å². The van der Waals surface area contributed by atoms with Crippen LogP contribution in [0.5, 0.6) is 0 Å². The zero-order valence-electron chi connectivity index (χ0n) is 7.33. The first kappa shape index (κ1) is 8.97. The van der Waals surface area contributed by atoms with Crippen LogP contribution in [-0.4, -0.2) is 4.98 Å². The van der Waals surface area contributed by atoms with Crippen molar-refractivity contribution in [2.75, 3.05) is 0 Å². The van der Waals surface area contributed by atoms with Gasteiger partial charge in [-0.05, 0) is 26.8 Å². The summed E-state index contributed by atoms with van der Waals surface area (Å²) >= 11 is 0. The van der Waals surface area contributed by atoms with Crippen molar-refractivity contribution >= 4 is 11.7 Å². The number of H-pyrrole nitrogens is 1. The Morgan fingerprint density at radius 1 is 1.25 bits per heavy atom. The number of hydrogen-bond acceptors (Lipinski definition) is 0. The van der Waals surface area contributed by atoms with Crippen LogP contribution in [-0.2, 0) is 0 Å². The number of halogens is 2. The number of aromatic nitrogens is 1. The van der Waals surface area contributed by atoms with E-state index in [1.807, 2.05) is 0 Å². The fourth-order valence-electron chi connectivity index (χ4n) is 1.13. The smallest absolute Gasteiger partial charge is 0.121 e. The first-order valence-corrected chi connectivity index (χ1v) is 3.71. The monoisotopic (exact) mass is 171 g/mol. The Morgan fingerprint density at radius 2 is 1.83 bits per heavy atom. The van der Waals surface area contributed by atoms with Crippen molar-refractivity contribution in [3.8, 4) is 0 Å². The van der Waals surface area contributed by atoms with Crippen molar-refractivity contribution < 1.29 is 8.78 Å². The lowest BCUT2D eigenvalue weighted by atomic mass is 10.3. The molecule has 1 heterocycles. The largest absolute Gasteiger partial charge is 0.356 e. The Labute approximate surface area is 69.4 Å². The van der Waals surface area contributed by atoms with E-state index in [0.29, 0.717) is 5.22 Å². The molecule has 0 amide bonds. The number of aryl methyl sites for hydroxylation is 1. The summed E-state index contributed by atoms with van der Waals surface area (Å²) in [5, 5.41) is 0.556. The minimum absolute atomic E-state index is 0.243. The minimum atomic E-state index is -0.393. The molecule has 66 valence electrons. The highest BCUT2D eigenvalue weighted by molar-refractivity contribution is 5.39. The highest BCUT2D eigenvalue weighted by Crippen LogP contribution is 1.93. The molecule has 3 heteroatoms. The summed E-state index contributed by atoms with van der Waals surface area (Å²) in [4.78, 5) is 2.75. The van der Waals surface area contributed by atoms with Gasteiger partial charge in [0, 0.05) is 10.9 Å². The number of aromatic amines is 1. The number of nitrogens with one attached hydrogen (secondary N) is 1. The van der Waals surface area contributed by atoms with E-state index < -0.39 is 5.83 Å². The zero-order chi connectivity index (χ0) is 9.30. The Hall–Kier alpha value is -1.12. The molecular formula is C9H11F2N. The molecule has 1 rings (SSSR count). The lowest BCUT2D eigenvalue weighted by Gasteiger charge is -1.83. The molecule has 0 fully saturated rings. The maximum Gasteiger partial charge on any atom is 0.121 e. The Bertz CT molecular complexity index is 355. The molecule has 0 aromatic carbocycles. The maximum atomic E-state index is 12.8. The Balaban J connectivity index is 3.74. The van der Waals surface area contributed by atoms with Crippen LogP contribution < -0.4 is 10.6 Å². The lowest BCUT2D eigenvalue weighted by molar-refractivity contribution is 0.724.